The molecule has 1 amide bonds. The van der Waals surface area contributed by atoms with Gasteiger partial charge >= 0.3 is 0 Å². The van der Waals surface area contributed by atoms with E-state index in [4.69, 9.17) is 18.9 Å². The Balaban J connectivity index is 1.52. The lowest BCUT2D eigenvalue weighted by atomic mass is 9.94. The van der Waals surface area contributed by atoms with E-state index in [1.165, 1.54) is 4.90 Å². The predicted octanol–water partition coefficient (Wildman–Crippen LogP) is 4.60. The van der Waals surface area contributed by atoms with Crippen molar-refractivity contribution in [3.63, 3.8) is 0 Å². The first kappa shape index (κ1) is 28.1. The number of ether oxygens (including phenoxy) is 4. The highest BCUT2D eigenvalue weighted by Crippen LogP contribution is 2.43. The van der Waals surface area contributed by atoms with Crippen molar-refractivity contribution in [2.24, 2.45) is 5.92 Å². The third-order valence-corrected chi connectivity index (χ3v) is 7.19. The van der Waals surface area contributed by atoms with Crippen molar-refractivity contribution in [1.29, 1.82) is 0 Å². The van der Waals surface area contributed by atoms with Crippen LogP contribution in [-0.2, 0) is 16.1 Å². The Hall–Kier alpha value is -4.47. The maximum absolute atomic E-state index is 13.5. The van der Waals surface area contributed by atoms with E-state index in [2.05, 4.69) is 18.8 Å². The molecule has 2 aliphatic heterocycles. The number of aliphatic hydroxyl groups is 1. The van der Waals surface area contributed by atoms with Gasteiger partial charge in [0.05, 0.1) is 31.7 Å². The average Bonchev–Trinajstić information content (AvgIpc) is 3.59. The maximum atomic E-state index is 13.5. The summed E-state index contributed by atoms with van der Waals surface area (Å²) >= 11 is 0. The van der Waals surface area contributed by atoms with Gasteiger partial charge in [-0.25, -0.2) is 4.98 Å². The van der Waals surface area contributed by atoms with Crippen LogP contribution in [0.3, 0.4) is 0 Å². The molecule has 0 bridgehead atoms. The molecule has 3 aromatic rings. The number of carbonyl (C=O) groups is 2. The van der Waals surface area contributed by atoms with Crippen LogP contribution in [0, 0.1) is 5.92 Å². The number of ketones is 1. The van der Waals surface area contributed by atoms with Gasteiger partial charge in [0.15, 0.2) is 23.0 Å². The summed E-state index contributed by atoms with van der Waals surface area (Å²) in [5.74, 6) is 0.868. The van der Waals surface area contributed by atoms with E-state index >= 15 is 0 Å². The molecule has 10 heteroatoms. The number of likely N-dealkylation sites (tertiary alicyclic amines) is 1. The molecular weight excluding hydrogens is 526 g/mol. The number of carbonyl (C=O) groups excluding carboxylic acids is 2. The maximum Gasteiger partial charge on any atom is 0.295 e. The minimum atomic E-state index is -0.829. The van der Waals surface area contributed by atoms with Crippen molar-refractivity contribution in [3.05, 3.63) is 71.8 Å². The number of nitrogens with zero attached hydrogens (tertiary/aromatic N) is 3. The summed E-state index contributed by atoms with van der Waals surface area (Å²) in [6.45, 7) is 6.50. The molecule has 1 saturated heterocycles. The molecule has 0 saturated carbocycles. The standard InChI is InChI=1S/C31H35N3O7/c1-20(2)9-14-39-23-7-5-21(17-25(23)38-3)28-27(29(35)22-6-8-24-26(18-22)41-16-15-40-24)30(36)31(37)34(28)12-4-11-33-13-10-32-19-33/h5-8,10,13,17-20,28,35H,4,9,11-12,14-16H2,1-3H3/b29-27+/t28-/m1/s1. The molecule has 0 unspecified atom stereocenters. The highest BCUT2D eigenvalue weighted by molar-refractivity contribution is 6.46. The number of aliphatic hydroxyl groups excluding tert-OH is 1. The molecule has 3 heterocycles. The first-order valence-corrected chi connectivity index (χ1v) is 13.8. The molecule has 0 radical (unpaired) electrons. The van der Waals surface area contributed by atoms with Crippen LogP contribution in [0.5, 0.6) is 23.0 Å². The fraction of sp³-hybridized carbons (Fsp3) is 0.387. The second-order valence-corrected chi connectivity index (χ2v) is 10.4. The second kappa shape index (κ2) is 12.4. The van der Waals surface area contributed by atoms with Crippen LogP contribution in [0.1, 0.15) is 43.9 Å². The minimum Gasteiger partial charge on any atom is -0.507 e. The van der Waals surface area contributed by atoms with Gasteiger partial charge in [0, 0.05) is 31.0 Å². The van der Waals surface area contributed by atoms with Gasteiger partial charge in [-0.3, -0.25) is 9.59 Å². The fourth-order valence-corrected chi connectivity index (χ4v) is 5.02. The Morgan fingerprint density at radius 1 is 1.07 bits per heavy atom. The lowest BCUT2D eigenvalue weighted by molar-refractivity contribution is -0.139. The van der Waals surface area contributed by atoms with E-state index in [0.29, 0.717) is 79.4 Å². The number of Topliss-reactive ketones (excluding diaryl/α,β-unsaturated/α-hetero) is 1. The summed E-state index contributed by atoms with van der Waals surface area (Å²) in [5.41, 5.74) is 0.986. The molecular formula is C31H35N3O7. The first-order valence-electron chi connectivity index (χ1n) is 13.8. The fourth-order valence-electron chi connectivity index (χ4n) is 5.02. The number of fused-ring (bicyclic) bond motifs is 1. The average molecular weight is 562 g/mol. The normalized spacial score (nSPS) is 17.8. The molecule has 2 aliphatic rings. The Labute approximate surface area is 239 Å². The number of benzene rings is 2. The topological polar surface area (TPSA) is 112 Å². The smallest absolute Gasteiger partial charge is 0.295 e. The monoisotopic (exact) mass is 561 g/mol. The molecule has 2 aromatic carbocycles. The van der Waals surface area contributed by atoms with Crippen LogP contribution in [0.15, 0.2) is 60.7 Å². The van der Waals surface area contributed by atoms with Crippen molar-refractivity contribution in [2.75, 3.05) is 33.5 Å². The molecule has 0 aliphatic carbocycles. The van der Waals surface area contributed by atoms with Gasteiger partial charge in [-0.05, 0) is 54.7 Å². The van der Waals surface area contributed by atoms with Gasteiger partial charge in [0.25, 0.3) is 11.7 Å². The number of hydrogen-bond acceptors (Lipinski definition) is 8. The highest BCUT2D eigenvalue weighted by Gasteiger charge is 2.46. The quantitative estimate of drug-likeness (QED) is 0.205. The zero-order valence-corrected chi connectivity index (χ0v) is 23.5. The van der Waals surface area contributed by atoms with Gasteiger partial charge in [-0.15, -0.1) is 0 Å². The van der Waals surface area contributed by atoms with Gasteiger partial charge in [0.1, 0.15) is 19.0 Å². The summed E-state index contributed by atoms with van der Waals surface area (Å²) in [6, 6.07) is 9.49. The molecule has 1 atom stereocenters. The van der Waals surface area contributed by atoms with Crippen molar-refractivity contribution in [2.45, 2.75) is 39.3 Å². The van der Waals surface area contributed by atoms with E-state index in [-0.39, 0.29) is 11.3 Å². The van der Waals surface area contributed by atoms with E-state index < -0.39 is 17.7 Å². The van der Waals surface area contributed by atoms with Crippen molar-refractivity contribution in [1.82, 2.24) is 14.5 Å². The van der Waals surface area contributed by atoms with Gasteiger partial charge in [-0.2, -0.15) is 0 Å². The number of methoxy groups -OCH3 is 1. The van der Waals surface area contributed by atoms with Crippen LogP contribution in [-0.4, -0.2) is 64.7 Å². The second-order valence-electron chi connectivity index (χ2n) is 10.4. The third-order valence-electron chi connectivity index (χ3n) is 7.19. The molecule has 5 rings (SSSR count). The minimum absolute atomic E-state index is 0.00448. The number of imidazole rings is 1. The van der Waals surface area contributed by atoms with E-state index in [0.717, 1.165) is 6.42 Å². The molecule has 1 aromatic heterocycles. The summed E-state index contributed by atoms with van der Waals surface area (Å²) in [4.78, 5) is 32.5. The number of rotatable bonds is 11. The zero-order valence-electron chi connectivity index (χ0n) is 23.5. The lowest BCUT2D eigenvalue weighted by Crippen LogP contribution is -2.31. The first-order chi connectivity index (χ1) is 19.9. The molecule has 216 valence electrons. The van der Waals surface area contributed by atoms with Crippen LogP contribution < -0.4 is 18.9 Å². The highest BCUT2D eigenvalue weighted by atomic mass is 16.6. The third kappa shape index (κ3) is 6.01. The van der Waals surface area contributed by atoms with Crippen molar-refractivity contribution >= 4 is 17.4 Å². The SMILES string of the molecule is COc1cc([C@@H]2/C(=C(\O)c3ccc4c(c3)OCCO4)C(=O)C(=O)N2CCCn2ccnc2)ccc1OCCC(C)C. The number of amides is 1. The Morgan fingerprint density at radius 2 is 1.88 bits per heavy atom. The molecule has 10 nitrogen and oxygen atoms in total. The van der Waals surface area contributed by atoms with Crippen LogP contribution in [0.2, 0.25) is 0 Å². The number of hydrogen-bond donors (Lipinski definition) is 1. The van der Waals surface area contributed by atoms with Gasteiger partial charge in [0.2, 0.25) is 0 Å². The van der Waals surface area contributed by atoms with Crippen LogP contribution in [0.4, 0.5) is 0 Å². The van der Waals surface area contributed by atoms with E-state index in [1.807, 2.05) is 16.8 Å². The van der Waals surface area contributed by atoms with Crippen molar-refractivity contribution < 1.29 is 33.6 Å². The summed E-state index contributed by atoms with van der Waals surface area (Å²) in [7, 11) is 1.55. The van der Waals surface area contributed by atoms with Crippen LogP contribution in [0.25, 0.3) is 5.76 Å². The van der Waals surface area contributed by atoms with Crippen LogP contribution >= 0.6 is 0 Å². The van der Waals surface area contributed by atoms with Gasteiger partial charge < -0.3 is 33.5 Å². The Morgan fingerprint density at radius 3 is 2.61 bits per heavy atom. The molecule has 1 N–H and O–H groups in total. The lowest BCUT2D eigenvalue weighted by Gasteiger charge is -2.26. The summed E-state index contributed by atoms with van der Waals surface area (Å²) < 4.78 is 24.8. The van der Waals surface area contributed by atoms with E-state index in [9.17, 15) is 14.7 Å². The summed E-state index contributed by atoms with van der Waals surface area (Å²) in [6.07, 6.45) is 6.71. The Kier molecular flexibility index (Phi) is 8.47. The summed E-state index contributed by atoms with van der Waals surface area (Å²) in [5, 5.41) is 11.5. The van der Waals surface area contributed by atoms with Crippen molar-refractivity contribution in [3.8, 4) is 23.0 Å². The van der Waals surface area contributed by atoms with E-state index in [1.54, 1.807) is 50.0 Å². The Bertz CT molecular complexity index is 1430. The predicted molar refractivity (Wildman–Crippen MR) is 151 cm³/mol. The molecule has 41 heavy (non-hydrogen) atoms. The largest absolute Gasteiger partial charge is 0.507 e. The number of aromatic nitrogens is 2. The zero-order chi connectivity index (χ0) is 28.9. The number of aryl methyl sites for hydroxylation is 1. The molecule has 0 spiro atoms. The van der Waals surface area contributed by atoms with Gasteiger partial charge in [-0.1, -0.05) is 19.9 Å². The molecule has 1 fully saturated rings.